The van der Waals surface area contributed by atoms with Crippen molar-refractivity contribution >= 4 is 61.3 Å². The molecule has 0 aliphatic rings. The predicted molar refractivity (Wildman–Crippen MR) is 107 cm³/mol. The highest BCUT2D eigenvalue weighted by molar-refractivity contribution is 9.10. The molecule has 3 aromatic rings. The van der Waals surface area contributed by atoms with E-state index in [1.54, 1.807) is 11.3 Å². The van der Waals surface area contributed by atoms with E-state index in [1.807, 2.05) is 61.7 Å². The Labute approximate surface area is 157 Å². The Morgan fingerprint density at radius 2 is 1.96 bits per heavy atom. The molecule has 2 aromatic heterocycles. The molecule has 3 rings (SSSR count). The van der Waals surface area contributed by atoms with Gasteiger partial charge in [-0.2, -0.15) is 0 Å². The van der Waals surface area contributed by atoms with E-state index in [1.165, 1.54) is 11.3 Å². The van der Waals surface area contributed by atoms with E-state index in [2.05, 4.69) is 26.2 Å². The fourth-order valence-corrected chi connectivity index (χ4v) is 3.85. The van der Waals surface area contributed by atoms with Crippen molar-refractivity contribution in [3.8, 4) is 0 Å². The Hall–Kier alpha value is -1.76. The van der Waals surface area contributed by atoms with Gasteiger partial charge in [0.15, 0.2) is 5.13 Å². The van der Waals surface area contributed by atoms with Crippen molar-refractivity contribution < 1.29 is 4.79 Å². The lowest BCUT2D eigenvalue weighted by molar-refractivity contribution is -0.111. The molecule has 1 amide bonds. The molecule has 0 radical (unpaired) electrons. The second-order valence-electron chi connectivity index (χ2n) is 5.20. The summed E-state index contributed by atoms with van der Waals surface area (Å²) in [7, 11) is 0. The summed E-state index contributed by atoms with van der Waals surface area (Å²) in [4.78, 5) is 19.4. The fraction of sp³-hybridized carbons (Fsp3) is 0.111. The molecule has 1 aromatic carbocycles. The monoisotopic (exact) mass is 418 g/mol. The number of thiophene rings is 1. The number of nitrogens with one attached hydrogen (secondary N) is 1. The van der Waals surface area contributed by atoms with Gasteiger partial charge >= 0.3 is 0 Å². The van der Waals surface area contributed by atoms with Gasteiger partial charge in [-0.05, 0) is 49.1 Å². The minimum absolute atomic E-state index is 0.153. The average Bonchev–Trinajstić information content (AvgIpc) is 3.16. The van der Waals surface area contributed by atoms with Gasteiger partial charge < -0.3 is 0 Å². The average molecular weight is 419 g/mol. The summed E-state index contributed by atoms with van der Waals surface area (Å²) in [6, 6.07) is 11.7. The maximum absolute atomic E-state index is 12.8. The molecule has 0 aliphatic carbocycles. The van der Waals surface area contributed by atoms with E-state index >= 15 is 0 Å². The third kappa shape index (κ3) is 4.01. The van der Waals surface area contributed by atoms with E-state index in [-0.39, 0.29) is 5.91 Å². The lowest BCUT2D eigenvalue weighted by Gasteiger charge is -2.08. The van der Waals surface area contributed by atoms with Crippen molar-refractivity contribution in [1.82, 2.24) is 4.98 Å². The molecule has 0 spiro atoms. The van der Waals surface area contributed by atoms with Gasteiger partial charge in [0.05, 0.1) is 5.69 Å². The van der Waals surface area contributed by atoms with Crippen LogP contribution in [0.1, 0.15) is 21.0 Å². The molecule has 2 heterocycles. The van der Waals surface area contributed by atoms with E-state index < -0.39 is 0 Å². The normalized spacial score (nSPS) is 11.5. The molecule has 0 bridgehead atoms. The summed E-state index contributed by atoms with van der Waals surface area (Å²) in [5.74, 6) is -0.153. The summed E-state index contributed by atoms with van der Waals surface area (Å²) in [6.45, 7) is 3.94. The van der Waals surface area contributed by atoms with Crippen LogP contribution in [0.25, 0.3) is 11.6 Å². The van der Waals surface area contributed by atoms with Crippen LogP contribution >= 0.6 is 38.6 Å². The summed E-state index contributed by atoms with van der Waals surface area (Å²) in [6.07, 6.45) is 1.91. The molecule has 0 unspecified atom stereocenters. The molecule has 0 saturated carbocycles. The third-order valence-electron chi connectivity index (χ3n) is 3.48. The van der Waals surface area contributed by atoms with Gasteiger partial charge in [0, 0.05) is 19.8 Å². The molecular weight excluding hydrogens is 404 g/mol. The number of carbonyl (C=O) groups is 1. The van der Waals surface area contributed by atoms with Crippen LogP contribution in [0.5, 0.6) is 0 Å². The van der Waals surface area contributed by atoms with Crippen LogP contribution in [0.15, 0.2) is 46.3 Å². The second kappa shape index (κ2) is 7.42. The molecule has 3 nitrogen and oxygen atoms in total. The molecule has 1 N–H and O–H groups in total. The lowest BCUT2D eigenvalue weighted by atomic mass is 10.0. The van der Waals surface area contributed by atoms with Crippen LogP contribution < -0.4 is 5.32 Å². The van der Waals surface area contributed by atoms with Crippen molar-refractivity contribution in [3.05, 3.63) is 67.3 Å². The zero-order valence-corrected chi connectivity index (χ0v) is 16.4. The maximum Gasteiger partial charge on any atom is 0.258 e. The highest BCUT2D eigenvalue weighted by atomic mass is 79.9. The zero-order valence-electron chi connectivity index (χ0n) is 13.2. The largest absolute Gasteiger partial charge is 0.298 e. The Morgan fingerprint density at radius 1 is 1.21 bits per heavy atom. The zero-order chi connectivity index (χ0) is 17.1. The van der Waals surface area contributed by atoms with Crippen molar-refractivity contribution in [2.24, 2.45) is 0 Å². The number of thiazole rings is 1. The van der Waals surface area contributed by atoms with Crippen molar-refractivity contribution in [1.29, 1.82) is 0 Å². The van der Waals surface area contributed by atoms with Gasteiger partial charge in [0.25, 0.3) is 5.91 Å². The molecular formula is C18H15BrN2OS2. The van der Waals surface area contributed by atoms with Gasteiger partial charge in [-0.3, -0.25) is 10.1 Å². The van der Waals surface area contributed by atoms with E-state index in [0.717, 1.165) is 25.5 Å². The summed E-state index contributed by atoms with van der Waals surface area (Å²) in [5.41, 5.74) is 2.44. The van der Waals surface area contributed by atoms with E-state index in [9.17, 15) is 4.79 Å². The molecule has 0 saturated heterocycles. The highest BCUT2D eigenvalue weighted by Crippen LogP contribution is 2.26. The molecule has 0 aliphatic heterocycles. The number of hydrogen-bond acceptors (Lipinski definition) is 4. The third-order valence-corrected chi connectivity index (χ3v) is 5.81. The first-order valence-corrected chi connectivity index (χ1v) is 9.78. The highest BCUT2D eigenvalue weighted by Gasteiger charge is 2.15. The number of anilines is 1. The first-order valence-electron chi connectivity index (χ1n) is 7.29. The Balaban J connectivity index is 1.94. The van der Waals surface area contributed by atoms with Gasteiger partial charge in [-0.1, -0.05) is 34.1 Å². The number of carbonyl (C=O) groups excluding carboxylic acids is 1. The van der Waals surface area contributed by atoms with Crippen LogP contribution in [0, 0.1) is 13.8 Å². The Kier molecular flexibility index (Phi) is 5.28. The van der Waals surface area contributed by atoms with E-state index in [4.69, 9.17) is 0 Å². The number of aryl methyl sites for hydroxylation is 2. The summed E-state index contributed by atoms with van der Waals surface area (Å²) in [5, 5.41) is 5.55. The Morgan fingerprint density at radius 3 is 2.54 bits per heavy atom. The minimum atomic E-state index is -0.153. The molecule has 24 heavy (non-hydrogen) atoms. The molecule has 0 atom stereocenters. The van der Waals surface area contributed by atoms with E-state index in [0.29, 0.717) is 10.7 Å². The minimum Gasteiger partial charge on any atom is -0.298 e. The number of halogens is 1. The molecule has 6 heteroatoms. The second-order valence-corrected chi connectivity index (χ2v) is 8.29. The van der Waals surface area contributed by atoms with Gasteiger partial charge in [-0.15, -0.1) is 22.7 Å². The molecule has 122 valence electrons. The number of aromatic nitrogens is 1. The maximum atomic E-state index is 12.8. The lowest BCUT2D eigenvalue weighted by Crippen LogP contribution is -2.13. The topological polar surface area (TPSA) is 42.0 Å². The number of hydrogen-bond donors (Lipinski definition) is 1. The number of benzene rings is 1. The van der Waals surface area contributed by atoms with Crippen LogP contribution in [0.3, 0.4) is 0 Å². The SMILES string of the molecule is Cc1nc(NC(=O)/C(=C/c2cccs2)c2ccc(Br)cc2)sc1C. The number of nitrogens with zero attached hydrogens (tertiary/aromatic N) is 1. The van der Waals surface area contributed by atoms with Crippen molar-refractivity contribution in [2.45, 2.75) is 13.8 Å². The van der Waals surface area contributed by atoms with Crippen LogP contribution in [0.2, 0.25) is 0 Å². The van der Waals surface area contributed by atoms with Gasteiger partial charge in [0.2, 0.25) is 0 Å². The van der Waals surface area contributed by atoms with Crippen molar-refractivity contribution in [2.75, 3.05) is 5.32 Å². The Bertz CT molecular complexity index is 861. The first kappa shape index (κ1) is 17.1. The first-order chi connectivity index (χ1) is 11.5. The fourth-order valence-electron chi connectivity index (χ4n) is 2.12. The predicted octanol–water partition coefficient (Wildman–Crippen LogP) is 5.76. The van der Waals surface area contributed by atoms with Crippen molar-refractivity contribution in [3.63, 3.8) is 0 Å². The quantitative estimate of drug-likeness (QED) is 0.546. The van der Waals surface area contributed by atoms with Crippen LogP contribution in [-0.2, 0) is 4.79 Å². The smallest absolute Gasteiger partial charge is 0.258 e. The number of rotatable bonds is 4. The van der Waals surface area contributed by atoms with Crippen LogP contribution in [-0.4, -0.2) is 10.9 Å². The summed E-state index contributed by atoms with van der Waals surface area (Å²) >= 11 is 6.52. The van der Waals surface area contributed by atoms with Gasteiger partial charge in [0.1, 0.15) is 0 Å². The standard InChI is InChI=1S/C18H15BrN2OS2/c1-11-12(2)24-18(20-11)21-17(22)16(10-15-4-3-9-23-15)13-5-7-14(19)8-6-13/h3-10H,1-2H3,(H,20,21,22)/b16-10+. The summed E-state index contributed by atoms with van der Waals surface area (Å²) < 4.78 is 0.980. The molecule has 0 fully saturated rings. The van der Waals surface area contributed by atoms with Crippen LogP contribution in [0.4, 0.5) is 5.13 Å². The number of amides is 1. The van der Waals surface area contributed by atoms with Gasteiger partial charge in [-0.25, -0.2) is 4.98 Å².